The lowest BCUT2D eigenvalue weighted by Gasteiger charge is -2.26. The van der Waals surface area contributed by atoms with Gasteiger partial charge in [0.2, 0.25) is 0 Å². The van der Waals surface area contributed by atoms with Crippen molar-refractivity contribution in [2.45, 2.75) is 6.42 Å². The number of hydrogen-bond acceptors (Lipinski definition) is 2. The Morgan fingerprint density at radius 1 is 1.38 bits per heavy atom. The van der Waals surface area contributed by atoms with Crippen LogP contribution < -0.4 is 5.32 Å². The van der Waals surface area contributed by atoms with Gasteiger partial charge in [-0.25, -0.2) is 4.98 Å². The number of rotatable bonds is 2. The lowest BCUT2D eigenvalue weighted by atomic mass is 9.99. The van der Waals surface area contributed by atoms with Crippen LogP contribution in [0.15, 0.2) is 18.3 Å². The predicted molar refractivity (Wildman–Crippen MR) is 65.3 cm³/mol. The number of fused-ring (bicyclic) bond motifs is 1. The van der Waals surface area contributed by atoms with Crippen molar-refractivity contribution in [1.82, 2.24) is 14.7 Å². The number of imidazole rings is 1. The van der Waals surface area contributed by atoms with Gasteiger partial charge in [-0.1, -0.05) is 23.2 Å². The van der Waals surface area contributed by atoms with Gasteiger partial charge in [0.25, 0.3) is 0 Å². The van der Waals surface area contributed by atoms with E-state index in [-0.39, 0.29) is 0 Å². The minimum Gasteiger partial charge on any atom is -0.316 e. The van der Waals surface area contributed by atoms with E-state index in [0.29, 0.717) is 16.1 Å². The Hall–Kier alpha value is -0.770. The Balaban J connectivity index is 2.05. The first-order valence-corrected chi connectivity index (χ1v) is 6.02. The van der Waals surface area contributed by atoms with E-state index < -0.39 is 0 Å². The van der Waals surface area contributed by atoms with Crippen LogP contribution in [0.5, 0.6) is 0 Å². The van der Waals surface area contributed by atoms with Gasteiger partial charge in [-0.3, -0.25) is 0 Å². The zero-order valence-electron chi connectivity index (χ0n) is 8.58. The lowest BCUT2D eigenvalue weighted by molar-refractivity contribution is 0.341. The minimum absolute atomic E-state index is 0.555. The second-order valence-corrected chi connectivity index (χ2v) is 4.94. The maximum Gasteiger partial charge on any atom is 0.155 e. The third-order valence-corrected chi connectivity index (χ3v) is 3.47. The number of aromatic nitrogens is 2. The van der Waals surface area contributed by atoms with Crippen LogP contribution in [0.1, 0.15) is 5.82 Å². The third-order valence-electron chi connectivity index (χ3n) is 2.97. The van der Waals surface area contributed by atoms with Crippen molar-refractivity contribution in [3.8, 4) is 0 Å². The SMILES string of the molecule is Clc1ccc2c(Cl)nc(CC3CNC3)n2c1. The van der Waals surface area contributed by atoms with Gasteiger partial charge in [0, 0.05) is 12.6 Å². The Kier molecular flexibility index (Phi) is 2.54. The zero-order valence-corrected chi connectivity index (χ0v) is 10.1. The molecule has 84 valence electrons. The Bertz CT molecular complexity index is 531. The van der Waals surface area contributed by atoms with Crippen molar-refractivity contribution in [2.75, 3.05) is 13.1 Å². The van der Waals surface area contributed by atoms with Crippen LogP contribution in [-0.2, 0) is 6.42 Å². The molecule has 1 aliphatic rings. The molecule has 0 aliphatic carbocycles. The van der Waals surface area contributed by atoms with E-state index in [2.05, 4.69) is 10.3 Å². The summed E-state index contributed by atoms with van der Waals surface area (Å²) >= 11 is 12.1. The fraction of sp³-hybridized carbons (Fsp3) is 0.364. The maximum atomic E-state index is 6.08. The molecule has 1 saturated heterocycles. The molecule has 0 unspecified atom stereocenters. The summed E-state index contributed by atoms with van der Waals surface area (Å²) in [6.45, 7) is 2.13. The summed E-state index contributed by atoms with van der Waals surface area (Å²) in [5, 5.41) is 4.51. The number of halogens is 2. The van der Waals surface area contributed by atoms with Crippen molar-refractivity contribution in [1.29, 1.82) is 0 Å². The van der Waals surface area contributed by atoms with Gasteiger partial charge in [-0.05, 0) is 31.1 Å². The van der Waals surface area contributed by atoms with Crippen molar-refractivity contribution in [3.63, 3.8) is 0 Å². The topological polar surface area (TPSA) is 29.3 Å². The van der Waals surface area contributed by atoms with Crippen LogP contribution in [0.25, 0.3) is 5.52 Å². The summed E-state index contributed by atoms with van der Waals surface area (Å²) in [4.78, 5) is 4.39. The molecule has 5 heteroatoms. The standard InChI is InChI=1S/C11H11Cl2N3/c12-8-1-2-9-11(13)15-10(16(9)6-8)3-7-4-14-5-7/h1-2,6-7,14H,3-5H2. The molecule has 0 bridgehead atoms. The third kappa shape index (κ3) is 1.69. The first-order chi connectivity index (χ1) is 7.74. The highest BCUT2D eigenvalue weighted by Crippen LogP contribution is 2.23. The van der Waals surface area contributed by atoms with E-state index in [9.17, 15) is 0 Å². The zero-order chi connectivity index (χ0) is 11.1. The first kappa shape index (κ1) is 10.4. The average Bonchev–Trinajstić information content (AvgIpc) is 2.49. The normalized spacial score (nSPS) is 16.6. The molecule has 1 N–H and O–H groups in total. The fourth-order valence-corrected chi connectivity index (χ4v) is 2.39. The number of nitrogens with one attached hydrogen (secondary N) is 1. The average molecular weight is 256 g/mol. The Labute approximate surface area is 103 Å². The lowest BCUT2D eigenvalue weighted by Crippen LogP contribution is -2.43. The molecule has 1 aliphatic heterocycles. The molecular formula is C11H11Cl2N3. The molecule has 3 nitrogen and oxygen atoms in total. The van der Waals surface area contributed by atoms with Crippen LogP contribution in [0.3, 0.4) is 0 Å². The van der Waals surface area contributed by atoms with Crippen LogP contribution in [-0.4, -0.2) is 22.5 Å². The summed E-state index contributed by atoms with van der Waals surface area (Å²) in [6, 6.07) is 3.74. The largest absolute Gasteiger partial charge is 0.316 e. The van der Waals surface area contributed by atoms with Crippen molar-refractivity contribution < 1.29 is 0 Å². The molecule has 0 radical (unpaired) electrons. The first-order valence-electron chi connectivity index (χ1n) is 5.27. The molecule has 0 saturated carbocycles. The fourth-order valence-electron chi connectivity index (χ4n) is 1.98. The molecule has 16 heavy (non-hydrogen) atoms. The van der Waals surface area contributed by atoms with Crippen LogP contribution >= 0.6 is 23.2 Å². The van der Waals surface area contributed by atoms with Gasteiger partial charge in [-0.15, -0.1) is 0 Å². The monoisotopic (exact) mass is 255 g/mol. The smallest absolute Gasteiger partial charge is 0.155 e. The van der Waals surface area contributed by atoms with E-state index in [1.807, 2.05) is 22.7 Å². The van der Waals surface area contributed by atoms with E-state index in [1.54, 1.807) is 0 Å². The van der Waals surface area contributed by atoms with Gasteiger partial charge in [0.15, 0.2) is 5.15 Å². The number of pyridine rings is 1. The second kappa shape index (κ2) is 3.91. The van der Waals surface area contributed by atoms with E-state index in [4.69, 9.17) is 23.2 Å². The Morgan fingerprint density at radius 2 is 2.19 bits per heavy atom. The summed E-state index contributed by atoms with van der Waals surface area (Å²) in [5.41, 5.74) is 0.924. The molecular weight excluding hydrogens is 245 g/mol. The molecule has 0 amide bonds. The van der Waals surface area contributed by atoms with E-state index in [1.165, 1.54) is 0 Å². The molecule has 2 aromatic heterocycles. The van der Waals surface area contributed by atoms with Crippen molar-refractivity contribution in [2.24, 2.45) is 5.92 Å². The minimum atomic E-state index is 0.555. The molecule has 3 rings (SSSR count). The van der Waals surface area contributed by atoms with Gasteiger partial charge in [-0.2, -0.15) is 0 Å². The van der Waals surface area contributed by atoms with Crippen LogP contribution in [0, 0.1) is 5.92 Å². The second-order valence-electron chi connectivity index (χ2n) is 4.15. The van der Waals surface area contributed by atoms with Crippen LogP contribution in [0.2, 0.25) is 10.2 Å². The van der Waals surface area contributed by atoms with E-state index in [0.717, 1.165) is 30.9 Å². The number of hydrogen-bond donors (Lipinski definition) is 1. The number of nitrogens with zero attached hydrogens (tertiary/aromatic N) is 2. The van der Waals surface area contributed by atoms with Gasteiger partial charge in [0.05, 0.1) is 10.5 Å². The Morgan fingerprint density at radius 3 is 2.88 bits per heavy atom. The highest BCUT2D eigenvalue weighted by Gasteiger charge is 2.20. The molecule has 2 aromatic rings. The molecule has 3 heterocycles. The summed E-state index contributed by atoms with van der Waals surface area (Å²) in [5.74, 6) is 1.66. The molecule has 0 spiro atoms. The highest BCUT2D eigenvalue weighted by molar-refractivity contribution is 6.33. The van der Waals surface area contributed by atoms with Gasteiger partial charge >= 0.3 is 0 Å². The summed E-state index contributed by atoms with van der Waals surface area (Å²) in [7, 11) is 0. The van der Waals surface area contributed by atoms with Gasteiger partial charge in [0.1, 0.15) is 5.82 Å². The molecule has 0 atom stereocenters. The summed E-state index contributed by atoms with van der Waals surface area (Å²) < 4.78 is 1.99. The quantitative estimate of drug-likeness (QED) is 0.894. The molecule has 1 fully saturated rings. The van der Waals surface area contributed by atoms with Crippen molar-refractivity contribution in [3.05, 3.63) is 34.3 Å². The summed E-state index contributed by atoms with van der Waals surface area (Å²) in [6.07, 6.45) is 2.82. The highest BCUT2D eigenvalue weighted by atomic mass is 35.5. The van der Waals surface area contributed by atoms with Gasteiger partial charge < -0.3 is 9.72 Å². The maximum absolute atomic E-state index is 6.08. The predicted octanol–water partition coefficient (Wildman–Crippen LogP) is 2.40. The van der Waals surface area contributed by atoms with Crippen LogP contribution in [0.4, 0.5) is 0 Å². The molecule has 0 aromatic carbocycles. The van der Waals surface area contributed by atoms with Crippen molar-refractivity contribution >= 4 is 28.7 Å². The van der Waals surface area contributed by atoms with E-state index >= 15 is 0 Å².